The van der Waals surface area contributed by atoms with E-state index in [0.717, 1.165) is 18.4 Å². The van der Waals surface area contributed by atoms with Crippen molar-refractivity contribution in [2.45, 2.75) is 37.6 Å². The third-order valence-electron chi connectivity index (χ3n) is 3.79. The van der Waals surface area contributed by atoms with E-state index >= 15 is 0 Å². The first-order chi connectivity index (χ1) is 8.91. The second-order valence-electron chi connectivity index (χ2n) is 5.44. The summed E-state index contributed by atoms with van der Waals surface area (Å²) in [5.74, 6) is 0.618. The van der Waals surface area contributed by atoms with Gasteiger partial charge in [0.05, 0.1) is 4.90 Å². The first-order valence-electron chi connectivity index (χ1n) is 6.77. The molecule has 106 valence electrons. The summed E-state index contributed by atoms with van der Waals surface area (Å²) in [6, 6.07) is 6.83. The number of hydrogen-bond acceptors (Lipinski definition) is 3. The number of piperidine rings is 1. The zero-order valence-corrected chi connectivity index (χ0v) is 12.4. The fourth-order valence-corrected chi connectivity index (χ4v) is 3.79. The van der Waals surface area contributed by atoms with E-state index in [-0.39, 0.29) is 6.04 Å². The highest BCUT2D eigenvalue weighted by molar-refractivity contribution is 7.89. The van der Waals surface area contributed by atoms with E-state index in [1.807, 2.05) is 6.92 Å². The van der Waals surface area contributed by atoms with Crippen LogP contribution in [0.4, 0.5) is 0 Å². The molecule has 1 aromatic rings. The molecular weight excluding hydrogens is 260 g/mol. The van der Waals surface area contributed by atoms with Gasteiger partial charge < -0.3 is 5.73 Å². The average Bonchev–Trinajstić information content (AvgIpc) is 2.39. The molecule has 1 fully saturated rings. The Bertz CT molecular complexity index is 515. The van der Waals surface area contributed by atoms with Crippen LogP contribution >= 0.6 is 0 Å². The van der Waals surface area contributed by atoms with Gasteiger partial charge in [-0.2, -0.15) is 4.31 Å². The average molecular weight is 282 g/mol. The van der Waals surface area contributed by atoms with Crippen LogP contribution in [0.3, 0.4) is 0 Å². The molecule has 0 amide bonds. The molecule has 1 heterocycles. The molecule has 2 rings (SSSR count). The van der Waals surface area contributed by atoms with Gasteiger partial charge in [0.15, 0.2) is 0 Å². The molecule has 0 radical (unpaired) electrons. The Balaban J connectivity index is 2.19. The third-order valence-corrected chi connectivity index (χ3v) is 5.70. The van der Waals surface area contributed by atoms with E-state index in [9.17, 15) is 8.42 Å². The molecule has 1 aromatic carbocycles. The van der Waals surface area contributed by atoms with Crippen molar-refractivity contribution in [1.82, 2.24) is 4.31 Å². The van der Waals surface area contributed by atoms with Crippen LogP contribution < -0.4 is 5.73 Å². The van der Waals surface area contributed by atoms with Gasteiger partial charge in [0.25, 0.3) is 0 Å². The molecule has 1 aliphatic rings. The number of rotatable bonds is 3. The second kappa shape index (κ2) is 5.61. The maximum absolute atomic E-state index is 12.5. The monoisotopic (exact) mass is 282 g/mol. The molecular formula is C14H22N2O2S. The third kappa shape index (κ3) is 3.16. The predicted molar refractivity (Wildman–Crippen MR) is 76.2 cm³/mol. The van der Waals surface area contributed by atoms with Gasteiger partial charge in [-0.15, -0.1) is 0 Å². The summed E-state index contributed by atoms with van der Waals surface area (Å²) in [7, 11) is -3.34. The van der Waals surface area contributed by atoms with E-state index in [4.69, 9.17) is 5.73 Å². The number of sulfonamides is 1. The zero-order valence-electron chi connectivity index (χ0n) is 11.5. The van der Waals surface area contributed by atoms with Crippen molar-refractivity contribution >= 4 is 10.0 Å². The molecule has 1 saturated heterocycles. The molecule has 5 heteroatoms. The highest BCUT2D eigenvalue weighted by atomic mass is 32.2. The van der Waals surface area contributed by atoms with Crippen molar-refractivity contribution in [2.75, 3.05) is 13.1 Å². The van der Waals surface area contributed by atoms with Crippen molar-refractivity contribution in [1.29, 1.82) is 0 Å². The van der Waals surface area contributed by atoms with Crippen molar-refractivity contribution < 1.29 is 8.42 Å². The van der Waals surface area contributed by atoms with Crippen LogP contribution in [0.5, 0.6) is 0 Å². The number of hydrogen-bond donors (Lipinski definition) is 1. The van der Waals surface area contributed by atoms with Gasteiger partial charge in [-0.3, -0.25) is 0 Å². The highest BCUT2D eigenvalue weighted by Gasteiger charge is 2.27. The molecule has 1 unspecified atom stereocenters. The largest absolute Gasteiger partial charge is 0.324 e. The van der Waals surface area contributed by atoms with Crippen LogP contribution in [-0.2, 0) is 10.0 Å². The van der Waals surface area contributed by atoms with Gasteiger partial charge in [-0.1, -0.05) is 19.1 Å². The standard InChI is InChI=1S/C14H22N2O2S/c1-11-7-9-16(10-8-11)19(17,18)14-5-3-13(4-6-14)12(2)15/h3-6,11-12H,7-10,15H2,1-2H3. The first-order valence-corrected chi connectivity index (χ1v) is 8.21. The highest BCUT2D eigenvalue weighted by Crippen LogP contribution is 2.24. The lowest BCUT2D eigenvalue weighted by Gasteiger charge is -2.29. The summed E-state index contributed by atoms with van der Waals surface area (Å²) in [6.07, 6.45) is 1.88. The predicted octanol–water partition coefficient (Wildman–Crippen LogP) is 2.13. The Hall–Kier alpha value is -0.910. The summed E-state index contributed by atoms with van der Waals surface area (Å²) < 4.78 is 26.5. The normalized spacial score (nSPS) is 20.4. The van der Waals surface area contributed by atoms with Crippen molar-refractivity contribution in [2.24, 2.45) is 11.7 Å². The summed E-state index contributed by atoms with van der Waals surface area (Å²) in [5.41, 5.74) is 6.72. The van der Waals surface area contributed by atoms with E-state index in [1.165, 1.54) is 0 Å². The van der Waals surface area contributed by atoms with Crippen LogP contribution in [-0.4, -0.2) is 25.8 Å². The molecule has 1 atom stereocenters. The Kier molecular flexibility index (Phi) is 4.28. The molecule has 0 aliphatic carbocycles. The fraction of sp³-hybridized carbons (Fsp3) is 0.571. The molecule has 2 N–H and O–H groups in total. The maximum Gasteiger partial charge on any atom is 0.243 e. The van der Waals surface area contributed by atoms with Crippen LogP contribution in [0, 0.1) is 5.92 Å². The van der Waals surface area contributed by atoms with Gasteiger partial charge in [0.2, 0.25) is 10.0 Å². The number of nitrogens with two attached hydrogens (primary N) is 1. The number of benzene rings is 1. The Morgan fingerprint density at radius 3 is 2.21 bits per heavy atom. The van der Waals surface area contributed by atoms with Crippen LogP contribution in [0.15, 0.2) is 29.2 Å². The summed E-state index contributed by atoms with van der Waals surface area (Å²) in [6.45, 7) is 5.30. The fourth-order valence-electron chi connectivity index (χ4n) is 2.32. The minimum atomic E-state index is -3.34. The van der Waals surface area contributed by atoms with Crippen molar-refractivity contribution in [3.05, 3.63) is 29.8 Å². The second-order valence-corrected chi connectivity index (χ2v) is 7.38. The molecule has 19 heavy (non-hydrogen) atoms. The van der Waals surface area contributed by atoms with Crippen molar-refractivity contribution in [3.63, 3.8) is 0 Å². The molecule has 0 bridgehead atoms. The van der Waals surface area contributed by atoms with Crippen LogP contribution in [0.25, 0.3) is 0 Å². The molecule has 1 aliphatic heterocycles. The Morgan fingerprint density at radius 1 is 1.21 bits per heavy atom. The minimum Gasteiger partial charge on any atom is -0.324 e. The Morgan fingerprint density at radius 2 is 1.74 bits per heavy atom. The van der Waals surface area contributed by atoms with E-state index in [0.29, 0.717) is 23.9 Å². The molecule has 4 nitrogen and oxygen atoms in total. The van der Waals surface area contributed by atoms with Gasteiger partial charge >= 0.3 is 0 Å². The smallest absolute Gasteiger partial charge is 0.243 e. The lowest BCUT2D eigenvalue weighted by molar-refractivity contribution is 0.288. The van der Waals surface area contributed by atoms with Crippen molar-refractivity contribution in [3.8, 4) is 0 Å². The molecule has 0 spiro atoms. The van der Waals surface area contributed by atoms with Crippen LogP contribution in [0.1, 0.15) is 38.3 Å². The topological polar surface area (TPSA) is 63.4 Å². The van der Waals surface area contributed by atoms with Crippen LogP contribution in [0.2, 0.25) is 0 Å². The lowest BCUT2D eigenvalue weighted by Crippen LogP contribution is -2.37. The Labute approximate surface area is 115 Å². The lowest BCUT2D eigenvalue weighted by atomic mass is 10.0. The minimum absolute atomic E-state index is 0.0763. The van der Waals surface area contributed by atoms with Gasteiger partial charge in [-0.05, 0) is 43.4 Å². The zero-order chi connectivity index (χ0) is 14.0. The quantitative estimate of drug-likeness (QED) is 0.923. The van der Waals surface area contributed by atoms with E-state index in [2.05, 4.69) is 6.92 Å². The summed E-state index contributed by atoms with van der Waals surface area (Å²) in [5, 5.41) is 0. The van der Waals surface area contributed by atoms with Gasteiger partial charge in [0, 0.05) is 19.1 Å². The summed E-state index contributed by atoms with van der Waals surface area (Å²) in [4.78, 5) is 0.367. The maximum atomic E-state index is 12.5. The molecule has 0 aromatic heterocycles. The van der Waals surface area contributed by atoms with Gasteiger partial charge in [0.1, 0.15) is 0 Å². The van der Waals surface area contributed by atoms with E-state index < -0.39 is 10.0 Å². The first kappa shape index (κ1) is 14.5. The van der Waals surface area contributed by atoms with E-state index in [1.54, 1.807) is 28.6 Å². The van der Waals surface area contributed by atoms with Gasteiger partial charge in [-0.25, -0.2) is 8.42 Å². The molecule has 0 saturated carbocycles. The SMILES string of the molecule is CC1CCN(S(=O)(=O)c2ccc(C(C)N)cc2)CC1. The number of nitrogens with zero attached hydrogens (tertiary/aromatic N) is 1. The summed E-state index contributed by atoms with van der Waals surface area (Å²) >= 11 is 0.